The molecule has 5 nitrogen and oxygen atoms in total. The summed E-state index contributed by atoms with van der Waals surface area (Å²) in [6.07, 6.45) is 2.46. The highest BCUT2D eigenvalue weighted by molar-refractivity contribution is 7.89. The predicted molar refractivity (Wildman–Crippen MR) is 84.8 cm³/mol. The van der Waals surface area contributed by atoms with E-state index in [0.29, 0.717) is 24.0 Å². The Morgan fingerprint density at radius 3 is 2.67 bits per heavy atom. The fourth-order valence-electron chi connectivity index (χ4n) is 2.46. The summed E-state index contributed by atoms with van der Waals surface area (Å²) in [5.41, 5.74) is 1.82. The van der Waals surface area contributed by atoms with Crippen molar-refractivity contribution in [1.29, 1.82) is 0 Å². The fourth-order valence-corrected chi connectivity index (χ4v) is 3.77. The van der Waals surface area contributed by atoms with Crippen LogP contribution in [0.1, 0.15) is 24.0 Å². The molecule has 0 saturated heterocycles. The van der Waals surface area contributed by atoms with Crippen molar-refractivity contribution in [2.24, 2.45) is 0 Å². The molecule has 0 atom stereocenters. The zero-order valence-corrected chi connectivity index (χ0v) is 13.8. The fraction of sp³-hybridized carbons (Fsp3) is 0.600. The van der Waals surface area contributed by atoms with E-state index in [1.807, 2.05) is 27.1 Å². The molecule has 0 aromatic heterocycles. The second kappa shape index (κ2) is 6.87. The van der Waals surface area contributed by atoms with Gasteiger partial charge in [-0.15, -0.1) is 0 Å². The summed E-state index contributed by atoms with van der Waals surface area (Å²) in [4.78, 5) is 2.59. The van der Waals surface area contributed by atoms with Crippen LogP contribution in [-0.2, 0) is 16.6 Å². The van der Waals surface area contributed by atoms with Gasteiger partial charge >= 0.3 is 0 Å². The molecule has 0 aliphatic heterocycles. The molecule has 1 aliphatic carbocycles. The van der Waals surface area contributed by atoms with Crippen LogP contribution in [0.15, 0.2) is 23.1 Å². The van der Waals surface area contributed by atoms with Crippen LogP contribution >= 0.6 is 0 Å². The lowest BCUT2D eigenvalue weighted by atomic mass is 10.1. The van der Waals surface area contributed by atoms with Crippen molar-refractivity contribution in [3.63, 3.8) is 0 Å². The van der Waals surface area contributed by atoms with E-state index in [1.165, 1.54) is 12.8 Å². The Hall–Kier alpha value is -0.950. The van der Waals surface area contributed by atoms with Crippen LogP contribution in [0, 0.1) is 6.92 Å². The molecule has 0 amide bonds. The Morgan fingerprint density at radius 1 is 1.33 bits per heavy atom. The number of rotatable bonds is 8. The minimum atomic E-state index is -3.44. The van der Waals surface area contributed by atoms with Gasteiger partial charge in [0, 0.05) is 25.7 Å². The molecule has 1 fully saturated rings. The van der Waals surface area contributed by atoms with Gasteiger partial charge in [0.25, 0.3) is 0 Å². The number of hydrogen-bond donors (Lipinski definition) is 2. The molecule has 0 heterocycles. The summed E-state index contributed by atoms with van der Waals surface area (Å²) >= 11 is 0. The topological polar surface area (TPSA) is 61.4 Å². The molecule has 1 saturated carbocycles. The lowest BCUT2D eigenvalue weighted by Crippen LogP contribution is -2.34. The monoisotopic (exact) mass is 311 g/mol. The maximum atomic E-state index is 12.4. The first-order chi connectivity index (χ1) is 9.95. The molecule has 2 rings (SSSR count). The number of likely N-dealkylation sites (N-methyl/N-ethyl adjacent to an activating group) is 1. The Kier molecular flexibility index (Phi) is 5.37. The van der Waals surface area contributed by atoms with Crippen LogP contribution in [-0.4, -0.2) is 46.5 Å². The van der Waals surface area contributed by atoms with Gasteiger partial charge in [-0.1, -0.05) is 12.1 Å². The molecule has 0 radical (unpaired) electrons. The van der Waals surface area contributed by atoms with Crippen molar-refractivity contribution in [2.45, 2.75) is 37.2 Å². The van der Waals surface area contributed by atoms with Crippen LogP contribution in [0.2, 0.25) is 0 Å². The number of hydrogen-bond acceptors (Lipinski definition) is 4. The molecule has 0 spiro atoms. The average molecular weight is 311 g/mol. The Bertz CT molecular complexity index is 583. The molecular weight excluding hydrogens is 286 g/mol. The Labute approximate surface area is 127 Å². The lowest BCUT2D eigenvalue weighted by Gasteiger charge is -2.17. The number of nitrogens with zero attached hydrogens (tertiary/aromatic N) is 1. The predicted octanol–water partition coefficient (Wildman–Crippen LogP) is 1.09. The second-order valence-electron chi connectivity index (χ2n) is 5.68. The minimum absolute atomic E-state index is 0.379. The third-order valence-corrected chi connectivity index (χ3v) is 5.59. The SMILES string of the molecule is CNCc1cccc(S(=O)(=O)NCCN(C)C2CC2)c1C. The highest BCUT2D eigenvalue weighted by Crippen LogP contribution is 2.24. The largest absolute Gasteiger partial charge is 0.316 e. The second-order valence-corrected chi connectivity index (χ2v) is 7.42. The zero-order chi connectivity index (χ0) is 15.5. The van der Waals surface area contributed by atoms with Crippen LogP contribution in [0.3, 0.4) is 0 Å². The van der Waals surface area contributed by atoms with Crippen LogP contribution in [0.4, 0.5) is 0 Å². The third-order valence-electron chi connectivity index (χ3n) is 3.98. The van der Waals surface area contributed by atoms with Crippen LogP contribution in [0.25, 0.3) is 0 Å². The quantitative estimate of drug-likeness (QED) is 0.754. The summed E-state index contributed by atoms with van der Waals surface area (Å²) in [5, 5.41) is 3.06. The lowest BCUT2D eigenvalue weighted by molar-refractivity contribution is 0.329. The van der Waals surface area contributed by atoms with Gasteiger partial charge in [0.15, 0.2) is 0 Å². The first kappa shape index (κ1) is 16.4. The van der Waals surface area contributed by atoms with Crippen molar-refractivity contribution < 1.29 is 8.42 Å². The van der Waals surface area contributed by atoms with E-state index < -0.39 is 10.0 Å². The zero-order valence-electron chi connectivity index (χ0n) is 13.0. The molecule has 118 valence electrons. The molecule has 21 heavy (non-hydrogen) atoms. The Balaban J connectivity index is 2.02. The molecular formula is C15H25N3O2S. The smallest absolute Gasteiger partial charge is 0.240 e. The van der Waals surface area contributed by atoms with E-state index >= 15 is 0 Å². The summed E-state index contributed by atoms with van der Waals surface area (Å²) < 4.78 is 27.6. The van der Waals surface area contributed by atoms with Crippen molar-refractivity contribution >= 4 is 10.0 Å². The van der Waals surface area contributed by atoms with Crippen molar-refractivity contribution in [3.05, 3.63) is 29.3 Å². The summed E-state index contributed by atoms with van der Waals surface area (Å²) in [6, 6.07) is 6.06. The van der Waals surface area contributed by atoms with Crippen molar-refractivity contribution in [3.8, 4) is 0 Å². The summed E-state index contributed by atoms with van der Waals surface area (Å²) in [7, 11) is 0.463. The van der Waals surface area contributed by atoms with E-state index in [-0.39, 0.29) is 0 Å². The first-order valence-corrected chi connectivity index (χ1v) is 8.87. The highest BCUT2D eigenvalue weighted by Gasteiger charge is 2.26. The van der Waals surface area contributed by atoms with Gasteiger partial charge in [-0.2, -0.15) is 0 Å². The van der Waals surface area contributed by atoms with Crippen LogP contribution < -0.4 is 10.0 Å². The van der Waals surface area contributed by atoms with E-state index in [0.717, 1.165) is 17.7 Å². The maximum Gasteiger partial charge on any atom is 0.240 e. The molecule has 1 aromatic carbocycles. The van der Waals surface area contributed by atoms with E-state index in [2.05, 4.69) is 14.9 Å². The number of benzene rings is 1. The standard InChI is InChI=1S/C15H25N3O2S/c1-12-13(11-16-2)5-4-6-15(12)21(19,20)17-9-10-18(3)14-7-8-14/h4-6,14,16-17H,7-11H2,1-3H3. The molecule has 0 bridgehead atoms. The van der Waals surface area contributed by atoms with Gasteiger partial charge in [0.05, 0.1) is 4.90 Å². The molecule has 2 N–H and O–H groups in total. The van der Waals surface area contributed by atoms with Crippen molar-refractivity contribution in [2.75, 3.05) is 27.2 Å². The molecule has 0 unspecified atom stereocenters. The van der Waals surface area contributed by atoms with Gasteiger partial charge in [-0.25, -0.2) is 13.1 Å². The van der Waals surface area contributed by atoms with E-state index in [1.54, 1.807) is 12.1 Å². The minimum Gasteiger partial charge on any atom is -0.316 e. The van der Waals surface area contributed by atoms with Gasteiger partial charge < -0.3 is 10.2 Å². The molecule has 1 aliphatic rings. The first-order valence-electron chi connectivity index (χ1n) is 7.38. The number of sulfonamides is 1. The Morgan fingerprint density at radius 2 is 2.05 bits per heavy atom. The van der Waals surface area contributed by atoms with Gasteiger partial charge in [-0.3, -0.25) is 0 Å². The molecule has 1 aromatic rings. The maximum absolute atomic E-state index is 12.4. The van der Waals surface area contributed by atoms with Crippen LogP contribution in [0.5, 0.6) is 0 Å². The summed E-state index contributed by atoms with van der Waals surface area (Å²) in [6.45, 7) is 3.72. The van der Waals surface area contributed by atoms with E-state index in [9.17, 15) is 8.42 Å². The average Bonchev–Trinajstić information content (AvgIpc) is 3.25. The summed E-state index contributed by atoms with van der Waals surface area (Å²) in [5.74, 6) is 0. The normalized spacial score (nSPS) is 15.6. The molecule has 6 heteroatoms. The number of nitrogens with one attached hydrogen (secondary N) is 2. The van der Waals surface area contributed by atoms with Gasteiger partial charge in [0.2, 0.25) is 10.0 Å². The van der Waals surface area contributed by atoms with Crippen molar-refractivity contribution in [1.82, 2.24) is 14.9 Å². The highest BCUT2D eigenvalue weighted by atomic mass is 32.2. The van der Waals surface area contributed by atoms with Gasteiger partial charge in [0.1, 0.15) is 0 Å². The van der Waals surface area contributed by atoms with E-state index in [4.69, 9.17) is 0 Å². The van der Waals surface area contributed by atoms with Gasteiger partial charge in [-0.05, 0) is 51.1 Å². The third kappa shape index (κ3) is 4.26.